The van der Waals surface area contributed by atoms with E-state index in [4.69, 9.17) is 4.74 Å². The zero-order valence-corrected chi connectivity index (χ0v) is 12.6. The van der Waals surface area contributed by atoms with Gasteiger partial charge in [-0.05, 0) is 35.3 Å². The molecule has 0 radical (unpaired) electrons. The summed E-state index contributed by atoms with van der Waals surface area (Å²) in [6.45, 7) is 5.28. The Morgan fingerprint density at radius 3 is 2.65 bits per heavy atom. The van der Waals surface area contributed by atoms with Crippen LogP contribution in [0.4, 0.5) is 0 Å². The molecule has 2 unspecified atom stereocenters. The number of hydrogen-bond acceptors (Lipinski definition) is 3. The number of rotatable bonds is 7. The molecule has 1 rings (SSSR count). The number of halogens is 1. The summed E-state index contributed by atoms with van der Waals surface area (Å²) in [5.41, 5.74) is 1.15. The van der Waals surface area contributed by atoms with Gasteiger partial charge in [-0.3, -0.25) is 4.68 Å². The van der Waals surface area contributed by atoms with E-state index >= 15 is 0 Å². The second kappa shape index (κ2) is 7.13. The summed E-state index contributed by atoms with van der Waals surface area (Å²) in [5.74, 6) is 0. The molecular formula is C12H22BrN3O. The van der Waals surface area contributed by atoms with E-state index in [2.05, 4.69) is 40.2 Å². The number of aromatic nitrogens is 2. The predicted octanol–water partition coefficient (Wildman–Crippen LogP) is 2.65. The maximum absolute atomic E-state index is 5.57. The zero-order chi connectivity index (χ0) is 12.8. The zero-order valence-electron chi connectivity index (χ0n) is 11.0. The molecule has 17 heavy (non-hydrogen) atoms. The first-order valence-electron chi connectivity index (χ1n) is 6.09. The number of methoxy groups -OCH3 is 1. The van der Waals surface area contributed by atoms with Gasteiger partial charge in [0.2, 0.25) is 0 Å². The van der Waals surface area contributed by atoms with E-state index in [9.17, 15) is 0 Å². The first kappa shape index (κ1) is 14.7. The van der Waals surface area contributed by atoms with Crippen molar-refractivity contribution in [1.82, 2.24) is 15.1 Å². The SMILES string of the molecule is CCCNC(c1c(Br)cnn1C)C(CC)OC. The van der Waals surface area contributed by atoms with Gasteiger partial charge in [0.25, 0.3) is 0 Å². The minimum absolute atomic E-state index is 0.160. The van der Waals surface area contributed by atoms with Crippen LogP contribution in [0.1, 0.15) is 38.4 Å². The summed E-state index contributed by atoms with van der Waals surface area (Å²) >= 11 is 3.56. The Labute approximate surface area is 112 Å². The van der Waals surface area contributed by atoms with Gasteiger partial charge in [0.15, 0.2) is 0 Å². The predicted molar refractivity (Wildman–Crippen MR) is 73.0 cm³/mol. The molecule has 0 saturated carbocycles. The van der Waals surface area contributed by atoms with Crippen LogP contribution in [0.3, 0.4) is 0 Å². The lowest BCUT2D eigenvalue weighted by atomic mass is 10.0. The highest BCUT2D eigenvalue weighted by atomic mass is 79.9. The van der Waals surface area contributed by atoms with Gasteiger partial charge in [-0.25, -0.2) is 0 Å². The van der Waals surface area contributed by atoms with Crippen molar-refractivity contribution in [2.24, 2.45) is 7.05 Å². The molecule has 0 aliphatic heterocycles. The fraction of sp³-hybridized carbons (Fsp3) is 0.750. The van der Waals surface area contributed by atoms with Crippen molar-refractivity contribution in [2.45, 2.75) is 38.8 Å². The van der Waals surface area contributed by atoms with Gasteiger partial charge in [-0.1, -0.05) is 13.8 Å². The van der Waals surface area contributed by atoms with E-state index in [1.807, 2.05) is 17.9 Å². The number of nitrogens with one attached hydrogen (secondary N) is 1. The van der Waals surface area contributed by atoms with Crippen molar-refractivity contribution < 1.29 is 4.74 Å². The van der Waals surface area contributed by atoms with Crippen molar-refractivity contribution in [2.75, 3.05) is 13.7 Å². The second-order valence-electron chi connectivity index (χ2n) is 4.12. The lowest BCUT2D eigenvalue weighted by molar-refractivity contribution is 0.0623. The third kappa shape index (κ3) is 3.53. The topological polar surface area (TPSA) is 39.1 Å². The molecule has 1 aromatic rings. The highest BCUT2D eigenvalue weighted by Crippen LogP contribution is 2.27. The van der Waals surface area contributed by atoms with Gasteiger partial charge in [-0.15, -0.1) is 0 Å². The molecule has 2 atom stereocenters. The molecule has 0 aliphatic carbocycles. The Kier molecular flexibility index (Phi) is 6.16. The van der Waals surface area contributed by atoms with Crippen LogP contribution in [-0.4, -0.2) is 29.5 Å². The number of ether oxygens (including phenoxy) is 1. The number of hydrogen-bond donors (Lipinski definition) is 1. The Morgan fingerprint density at radius 2 is 2.24 bits per heavy atom. The number of nitrogens with zero attached hydrogens (tertiary/aromatic N) is 2. The summed E-state index contributed by atoms with van der Waals surface area (Å²) in [6, 6.07) is 0.173. The molecule has 0 aromatic carbocycles. The van der Waals surface area contributed by atoms with Crippen LogP contribution in [0.5, 0.6) is 0 Å². The lowest BCUT2D eigenvalue weighted by Gasteiger charge is -2.26. The normalized spacial score (nSPS) is 14.9. The Bertz CT molecular complexity index is 317. The first-order chi connectivity index (χ1) is 8.15. The molecule has 0 bridgehead atoms. The molecule has 0 amide bonds. The van der Waals surface area contributed by atoms with Crippen LogP contribution in [0.2, 0.25) is 0 Å². The van der Waals surface area contributed by atoms with Crippen LogP contribution >= 0.6 is 15.9 Å². The molecule has 4 nitrogen and oxygen atoms in total. The summed E-state index contributed by atoms with van der Waals surface area (Å²) in [7, 11) is 3.72. The molecule has 0 saturated heterocycles. The molecule has 1 N–H and O–H groups in total. The van der Waals surface area contributed by atoms with E-state index in [0.717, 1.165) is 29.6 Å². The molecule has 98 valence electrons. The average Bonchev–Trinajstić information content (AvgIpc) is 2.65. The molecular weight excluding hydrogens is 282 g/mol. The maximum Gasteiger partial charge on any atom is 0.0779 e. The summed E-state index contributed by atoms with van der Waals surface area (Å²) in [4.78, 5) is 0. The fourth-order valence-corrected chi connectivity index (χ4v) is 2.61. The lowest BCUT2D eigenvalue weighted by Crippen LogP contribution is -2.35. The minimum atomic E-state index is 0.160. The van der Waals surface area contributed by atoms with Crippen molar-refractivity contribution in [3.63, 3.8) is 0 Å². The van der Waals surface area contributed by atoms with Gasteiger partial charge in [-0.2, -0.15) is 5.10 Å². The second-order valence-corrected chi connectivity index (χ2v) is 4.97. The minimum Gasteiger partial charge on any atom is -0.379 e. The Balaban J connectivity index is 2.96. The van der Waals surface area contributed by atoms with Gasteiger partial charge in [0.1, 0.15) is 0 Å². The largest absolute Gasteiger partial charge is 0.379 e. The van der Waals surface area contributed by atoms with Gasteiger partial charge >= 0.3 is 0 Å². The first-order valence-corrected chi connectivity index (χ1v) is 6.88. The third-order valence-electron chi connectivity index (χ3n) is 2.92. The van der Waals surface area contributed by atoms with Crippen molar-refractivity contribution in [3.05, 3.63) is 16.4 Å². The third-order valence-corrected chi connectivity index (χ3v) is 3.53. The standard InChI is InChI=1S/C12H22BrN3O/c1-5-7-14-11(10(6-2)17-4)12-9(13)8-15-16(12)3/h8,10-11,14H,5-7H2,1-4H3. The maximum atomic E-state index is 5.57. The van der Waals surface area contributed by atoms with E-state index < -0.39 is 0 Å². The summed E-state index contributed by atoms with van der Waals surface area (Å²) in [6.07, 6.45) is 4.06. The quantitative estimate of drug-likeness (QED) is 0.842. The average molecular weight is 304 g/mol. The summed E-state index contributed by atoms with van der Waals surface area (Å²) in [5, 5.41) is 7.81. The van der Waals surface area contributed by atoms with Gasteiger partial charge in [0, 0.05) is 14.2 Å². The van der Waals surface area contributed by atoms with Crippen molar-refractivity contribution in [3.8, 4) is 0 Å². The molecule has 0 spiro atoms. The molecule has 1 aromatic heterocycles. The van der Waals surface area contributed by atoms with Crippen LogP contribution < -0.4 is 5.32 Å². The fourth-order valence-electron chi connectivity index (χ4n) is 2.01. The van der Waals surface area contributed by atoms with E-state index in [1.165, 1.54) is 0 Å². The van der Waals surface area contributed by atoms with Crippen LogP contribution in [0.25, 0.3) is 0 Å². The smallest absolute Gasteiger partial charge is 0.0779 e. The molecule has 5 heteroatoms. The monoisotopic (exact) mass is 303 g/mol. The highest BCUT2D eigenvalue weighted by Gasteiger charge is 2.25. The Morgan fingerprint density at radius 1 is 1.53 bits per heavy atom. The number of aryl methyl sites for hydroxylation is 1. The van der Waals surface area contributed by atoms with E-state index in [0.29, 0.717) is 0 Å². The van der Waals surface area contributed by atoms with Gasteiger partial charge < -0.3 is 10.1 Å². The van der Waals surface area contributed by atoms with Crippen LogP contribution in [0, 0.1) is 0 Å². The summed E-state index contributed by atoms with van der Waals surface area (Å²) < 4.78 is 8.50. The Hall–Kier alpha value is -0.390. The van der Waals surface area contributed by atoms with Crippen molar-refractivity contribution >= 4 is 15.9 Å². The molecule has 1 heterocycles. The van der Waals surface area contributed by atoms with Crippen molar-refractivity contribution in [1.29, 1.82) is 0 Å². The molecule has 0 aliphatic rings. The van der Waals surface area contributed by atoms with E-state index in [1.54, 1.807) is 7.11 Å². The molecule has 0 fully saturated rings. The van der Waals surface area contributed by atoms with Crippen LogP contribution in [0.15, 0.2) is 10.7 Å². The van der Waals surface area contributed by atoms with Crippen LogP contribution in [-0.2, 0) is 11.8 Å². The van der Waals surface area contributed by atoms with Gasteiger partial charge in [0.05, 0.1) is 28.5 Å². The van der Waals surface area contributed by atoms with E-state index in [-0.39, 0.29) is 12.1 Å². The highest BCUT2D eigenvalue weighted by molar-refractivity contribution is 9.10.